The topological polar surface area (TPSA) is 57.6 Å². The van der Waals surface area contributed by atoms with Crippen LogP contribution in [0.5, 0.6) is 0 Å². The molecule has 15 heavy (non-hydrogen) atoms. The number of piperidine rings is 1. The maximum Gasteiger partial charge on any atom is 0.214 e. The summed E-state index contributed by atoms with van der Waals surface area (Å²) in [6.45, 7) is 6.58. The lowest BCUT2D eigenvalue weighted by Gasteiger charge is -2.40. The van der Waals surface area contributed by atoms with Crippen molar-refractivity contribution in [2.75, 3.05) is 18.8 Å². The van der Waals surface area contributed by atoms with Crippen molar-refractivity contribution in [3.63, 3.8) is 0 Å². The number of nitrogens with zero attached hydrogens (tertiary/aromatic N) is 1. The van der Waals surface area contributed by atoms with Gasteiger partial charge in [-0.25, -0.2) is 8.42 Å². The molecule has 1 atom stereocenters. The Hall–Kier alpha value is -0.130. The lowest BCUT2D eigenvalue weighted by molar-refractivity contribution is -0.000686. The summed E-state index contributed by atoms with van der Waals surface area (Å²) in [5.74, 6) is 0.181. The van der Waals surface area contributed by atoms with Crippen LogP contribution in [0.3, 0.4) is 0 Å². The van der Waals surface area contributed by atoms with Gasteiger partial charge in [-0.3, -0.25) is 0 Å². The molecular formula is C10H21NO3S. The summed E-state index contributed by atoms with van der Waals surface area (Å²) in [5.41, 5.74) is -0.168. The van der Waals surface area contributed by atoms with Crippen molar-refractivity contribution in [2.45, 2.75) is 39.7 Å². The van der Waals surface area contributed by atoms with E-state index in [4.69, 9.17) is 0 Å². The Bertz CT molecular complexity index is 311. The highest BCUT2D eigenvalue weighted by Gasteiger charge is 2.37. The monoisotopic (exact) mass is 235 g/mol. The second-order valence-electron chi connectivity index (χ2n) is 4.93. The molecule has 1 fully saturated rings. The molecule has 5 heteroatoms. The van der Waals surface area contributed by atoms with E-state index in [1.807, 2.05) is 20.8 Å². The molecule has 0 spiro atoms. The minimum Gasteiger partial charge on any atom is -0.391 e. The molecule has 0 aromatic rings. The molecule has 1 aliphatic heterocycles. The predicted molar refractivity (Wildman–Crippen MR) is 60.1 cm³/mol. The van der Waals surface area contributed by atoms with E-state index in [-0.39, 0.29) is 17.7 Å². The Labute approximate surface area is 92.3 Å². The van der Waals surface area contributed by atoms with Crippen LogP contribution in [0.1, 0.15) is 33.6 Å². The minimum atomic E-state index is -3.14. The molecule has 0 saturated carbocycles. The first-order valence-corrected chi connectivity index (χ1v) is 7.06. The van der Waals surface area contributed by atoms with E-state index < -0.39 is 16.1 Å². The third-order valence-electron chi connectivity index (χ3n) is 3.14. The number of aliphatic hydroxyl groups excluding tert-OH is 1. The van der Waals surface area contributed by atoms with Crippen LogP contribution in [0.2, 0.25) is 0 Å². The van der Waals surface area contributed by atoms with Gasteiger partial charge in [0.25, 0.3) is 0 Å². The highest BCUT2D eigenvalue weighted by molar-refractivity contribution is 7.89. The molecule has 90 valence electrons. The van der Waals surface area contributed by atoms with E-state index >= 15 is 0 Å². The largest absolute Gasteiger partial charge is 0.391 e. The maximum absolute atomic E-state index is 11.8. The van der Waals surface area contributed by atoms with Gasteiger partial charge in [0.05, 0.1) is 11.9 Å². The predicted octanol–water partition coefficient (Wildman–Crippen LogP) is 0.819. The molecule has 0 bridgehead atoms. The molecule has 0 aromatic carbocycles. The molecule has 1 heterocycles. The number of β-amino-alcohol motifs (C(OH)–C–C–N with tert-alkyl or cyclic N) is 1. The Morgan fingerprint density at radius 3 is 2.53 bits per heavy atom. The zero-order chi connectivity index (χ0) is 11.7. The van der Waals surface area contributed by atoms with Gasteiger partial charge in [-0.1, -0.05) is 20.8 Å². The van der Waals surface area contributed by atoms with Crippen molar-refractivity contribution in [1.82, 2.24) is 4.31 Å². The third kappa shape index (κ3) is 2.92. The van der Waals surface area contributed by atoms with Gasteiger partial charge < -0.3 is 5.11 Å². The van der Waals surface area contributed by atoms with Crippen LogP contribution in [0.15, 0.2) is 0 Å². The number of aliphatic hydroxyl groups is 1. The molecule has 0 aromatic heterocycles. The minimum absolute atomic E-state index is 0.168. The first-order valence-electron chi connectivity index (χ1n) is 5.45. The van der Waals surface area contributed by atoms with Crippen molar-refractivity contribution in [2.24, 2.45) is 5.41 Å². The Morgan fingerprint density at radius 1 is 1.47 bits per heavy atom. The average Bonchev–Trinajstić information content (AvgIpc) is 2.09. The lowest BCUT2D eigenvalue weighted by Crippen LogP contribution is -2.50. The fourth-order valence-electron chi connectivity index (χ4n) is 1.75. The molecule has 0 aliphatic carbocycles. The normalized spacial score (nSPS) is 27.9. The van der Waals surface area contributed by atoms with E-state index in [0.717, 1.165) is 6.42 Å². The van der Waals surface area contributed by atoms with E-state index in [0.29, 0.717) is 13.0 Å². The van der Waals surface area contributed by atoms with Crippen LogP contribution < -0.4 is 0 Å². The molecule has 1 saturated heterocycles. The SMILES string of the molecule is CCCS(=O)(=O)N1CCC(C)(C)C(O)C1. The van der Waals surface area contributed by atoms with Crippen molar-refractivity contribution in [3.05, 3.63) is 0 Å². The number of sulfonamides is 1. The van der Waals surface area contributed by atoms with Gasteiger partial charge in [-0.2, -0.15) is 4.31 Å². The van der Waals surface area contributed by atoms with Gasteiger partial charge in [0.15, 0.2) is 0 Å². The van der Waals surface area contributed by atoms with Gasteiger partial charge in [-0.15, -0.1) is 0 Å². The molecule has 1 rings (SSSR count). The molecule has 1 unspecified atom stereocenters. The van der Waals surface area contributed by atoms with Crippen molar-refractivity contribution in [1.29, 1.82) is 0 Å². The summed E-state index contributed by atoms with van der Waals surface area (Å²) in [6, 6.07) is 0. The summed E-state index contributed by atoms with van der Waals surface area (Å²) in [4.78, 5) is 0. The van der Waals surface area contributed by atoms with Crippen LogP contribution in [0, 0.1) is 5.41 Å². The van der Waals surface area contributed by atoms with E-state index in [1.165, 1.54) is 4.31 Å². The summed E-state index contributed by atoms with van der Waals surface area (Å²) >= 11 is 0. The first-order chi connectivity index (χ1) is 6.79. The van der Waals surface area contributed by atoms with Crippen molar-refractivity contribution in [3.8, 4) is 0 Å². The Balaban J connectivity index is 2.70. The Kier molecular flexibility index (Phi) is 3.79. The van der Waals surface area contributed by atoms with Crippen LogP contribution in [0.4, 0.5) is 0 Å². The summed E-state index contributed by atoms with van der Waals surface area (Å²) in [6.07, 6.45) is 0.785. The van der Waals surface area contributed by atoms with Crippen molar-refractivity contribution < 1.29 is 13.5 Å². The fraction of sp³-hybridized carbons (Fsp3) is 1.00. The molecule has 1 N–H and O–H groups in total. The second-order valence-corrected chi connectivity index (χ2v) is 7.02. The molecule has 1 aliphatic rings. The molecule has 0 radical (unpaired) electrons. The zero-order valence-electron chi connectivity index (χ0n) is 9.73. The molecule has 0 amide bonds. The lowest BCUT2D eigenvalue weighted by atomic mass is 9.81. The first kappa shape index (κ1) is 12.9. The number of hydrogen-bond acceptors (Lipinski definition) is 3. The van der Waals surface area contributed by atoms with E-state index in [9.17, 15) is 13.5 Å². The summed E-state index contributed by atoms with van der Waals surface area (Å²) < 4.78 is 24.9. The average molecular weight is 235 g/mol. The fourth-order valence-corrected chi connectivity index (χ4v) is 3.26. The van der Waals surface area contributed by atoms with E-state index in [1.54, 1.807) is 0 Å². The highest BCUT2D eigenvalue weighted by Crippen LogP contribution is 2.31. The van der Waals surface area contributed by atoms with Gasteiger partial charge in [0.1, 0.15) is 0 Å². The molecule has 4 nitrogen and oxygen atoms in total. The van der Waals surface area contributed by atoms with Crippen LogP contribution >= 0.6 is 0 Å². The van der Waals surface area contributed by atoms with Crippen LogP contribution in [-0.2, 0) is 10.0 Å². The van der Waals surface area contributed by atoms with Gasteiger partial charge in [-0.05, 0) is 18.3 Å². The number of rotatable bonds is 3. The zero-order valence-corrected chi connectivity index (χ0v) is 10.5. The van der Waals surface area contributed by atoms with Crippen molar-refractivity contribution >= 4 is 10.0 Å². The Morgan fingerprint density at radius 2 is 2.07 bits per heavy atom. The van der Waals surface area contributed by atoms with E-state index in [2.05, 4.69) is 0 Å². The summed E-state index contributed by atoms with van der Waals surface area (Å²) in [7, 11) is -3.14. The number of hydrogen-bond donors (Lipinski definition) is 1. The summed E-state index contributed by atoms with van der Waals surface area (Å²) in [5, 5.41) is 9.83. The third-order valence-corrected chi connectivity index (χ3v) is 5.18. The van der Waals surface area contributed by atoms with Gasteiger partial charge in [0, 0.05) is 13.1 Å². The smallest absolute Gasteiger partial charge is 0.214 e. The van der Waals surface area contributed by atoms with Crippen LogP contribution in [0.25, 0.3) is 0 Å². The quantitative estimate of drug-likeness (QED) is 0.788. The maximum atomic E-state index is 11.8. The standard InChI is InChI=1S/C10H21NO3S/c1-4-7-15(13,14)11-6-5-10(2,3)9(12)8-11/h9,12H,4-8H2,1-3H3. The second kappa shape index (κ2) is 4.39. The molecular weight excluding hydrogens is 214 g/mol. The van der Waals surface area contributed by atoms with Gasteiger partial charge >= 0.3 is 0 Å². The van der Waals surface area contributed by atoms with Crippen LogP contribution in [-0.4, -0.2) is 42.8 Å². The van der Waals surface area contributed by atoms with Gasteiger partial charge in [0.2, 0.25) is 10.0 Å². The highest BCUT2D eigenvalue weighted by atomic mass is 32.2.